The van der Waals surface area contributed by atoms with E-state index in [9.17, 15) is 19.5 Å². The molecule has 0 fully saturated rings. The van der Waals surface area contributed by atoms with Crippen molar-refractivity contribution in [3.05, 3.63) is 96.1 Å². The molecule has 0 aliphatic rings. The molecule has 190 valence electrons. The average Bonchev–Trinajstić information content (AvgIpc) is 2.90. The van der Waals surface area contributed by atoms with E-state index in [0.717, 1.165) is 32.7 Å². The molecule has 0 radical (unpaired) electrons. The molecular weight excluding hydrogens is 470 g/mol. The van der Waals surface area contributed by atoms with E-state index in [0.29, 0.717) is 0 Å². The van der Waals surface area contributed by atoms with Crippen molar-refractivity contribution in [2.45, 2.75) is 31.6 Å². The molecule has 37 heavy (non-hydrogen) atoms. The van der Waals surface area contributed by atoms with Crippen LogP contribution in [0.3, 0.4) is 0 Å². The number of hydrogen-bond acceptors (Lipinski definition) is 5. The summed E-state index contributed by atoms with van der Waals surface area (Å²) in [7, 11) is 0. The van der Waals surface area contributed by atoms with Crippen molar-refractivity contribution in [1.29, 1.82) is 0 Å². The highest BCUT2D eigenvalue weighted by molar-refractivity contribution is 6.03. The van der Waals surface area contributed by atoms with Gasteiger partial charge in [0.1, 0.15) is 12.6 Å². The summed E-state index contributed by atoms with van der Waals surface area (Å²) >= 11 is 0. The molecule has 0 saturated heterocycles. The van der Waals surface area contributed by atoms with Gasteiger partial charge in [0.15, 0.2) is 0 Å². The molecule has 0 bridgehead atoms. The van der Waals surface area contributed by atoms with Crippen LogP contribution in [0.15, 0.2) is 84.9 Å². The Morgan fingerprint density at radius 2 is 1.46 bits per heavy atom. The van der Waals surface area contributed by atoms with Gasteiger partial charge in [-0.15, -0.1) is 0 Å². The quantitative estimate of drug-likeness (QED) is 0.249. The normalized spacial score (nSPS) is 12.6. The second-order valence-electron chi connectivity index (χ2n) is 8.82. The first kappa shape index (κ1) is 25.7. The zero-order valence-electron chi connectivity index (χ0n) is 20.2. The van der Waals surface area contributed by atoms with Gasteiger partial charge in [0.05, 0.1) is 12.5 Å². The number of rotatable bonds is 10. The molecular formula is C29H29N3O5. The van der Waals surface area contributed by atoms with Crippen molar-refractivity contribution in [2.75, 3.05) is 6.54 Å². The maximum Gasteiger partial charge on any atom is 0.407 e. The molecule has 4 aromatic carbocycles. The molecule has 4 aromatic rings. The minimum Gasteiger partial charge on any atom is -0.445 e. The van der Waals surface area contributed by atoms with Crippen LogP contribution in [-0.2, 0) is 27.4 Å². The van der Waals surface area contributed by atoms with Gasteiger partial charge in [-0.1, -0.05) is 78.9 Å². The van der Waals surface area contributed by atoms with Crippen LogP contribution in [0, 0.1) is 0 Å². The Bertz CT molecular complexity index is 1350. The van der Waals surface area contributed by atoms with Crippen LogP contribution in [0.2, 0.25) is 0 Å². The van der Waals surface area contributed by atoms with E-state index in [4.69, 9.17) is 10.5 Å². The zero-order valence-corrected chi connectivity index (χ0v) is 20.2. The third-order valence-corrected chi connectivity index (χ3v) is 6.09. The molecule has 4 rings (SSSR count). The Hall–Kier alpha value is -4.43. The number of carbonyl (C=O) groups excluding carboxylic acids is 3. The van der Waals surface area contributed by atoms with Crippen molar-refractivity contribution < 1.29 is 24.2 Å². The maximum absolute atomic E-state index is 12.6. The number of primary amides is 1. The van der Waals surface area contributed by atoms with E-state index < -0.39 is 30.1 Å². The predicted molar refractivity (Wildman–Crippen MR) is 142 cm³/mol. The lowest BCUT2D eigenvalue weighted by atomic mass is 9.92. The number of amides is 3. The number of nitrogens with two attached hydrogens (primary N) is 1. The van der Waals surface area contributed by atoms with Crippen molar-refractivity contribution in [3.63, 3.8) is 0 Å². The third kappa shape index (κ3) is 6.83. The molecule has 0 aliphatic heterocycles. The molecule has 0 spiro atoms. The summed E-state index contributed by atoms with van der Waals surface area (Å²) in [5, 5.41) is 19.3. The van der Waals surface area contributed by atoms with Crippen LogP contribution in [0.25, 0.3) is 21.5 Å². The molecule has 2 atom stereocenters. The van der Waals surface area contributed by atoms with Gasteiger partial charge < -0.3 is 26.2 Å². The monoisotopic (exact) mass is 499 g/mol. The van der Waals surface area contributed by atoms with Crippen molar-refractivity contribution in [1.82, 2.24) is 10.6 Å². The van der Waals surface area contributed by atoms with Gasteiger partial charge in [-0.25, -0.2) is 4.79 Å². The van der Waals surface area contributed by atoms with Gasteiger partial charge in [0.2, 0.25) is 11.8 Å². The van der Waals surface area contributed by atoms with Gasteiger partial charge >= 0.3 is 6.09 Å². The van der Waals surface area contributed by atoms with E-state index in [1.807, 2.05) is 78.9 Å². The number of carbonyl (C=O) groups is 3. The predicted octanol–water partition coefficient (Wildman–Crippen LogP) is 3.18. The van der Waals surface area contributed by atoms with Gasteiger partial charge in [0.25, 0.3) is 0 Å². The van der Waals surface area contributed by atoms with Gasteiger partial charge in [-0.05, 0) is 38.7 Å². The Labute approximate surface area is 214 Å². The number of benzene rings is 4. The van der Waals surface area contributed by atoms with E-state index in [2.05, 4.69) is 16.7 Å². The molecule has 5 N–H and O–H groups in total. The summed E-state index contributed by atoms with van der Waals surface area (Å²) in [4.78, 5) is 36.8. The van der Waals surface area contributed by atoms with E-state index >= 15 is 0 Å². The van der Waals surface area contributed by atoms with Crippen molar-refractivity contribution >= 4 is 39.5 Å². The Morgan fingerprint density at radius 3 is 2.08 bits per heavy atom. The van der Waals surface area contributed by atoms with Gasteiger partial charge in [-0.2, -0.15) is 0 Å². The summed E-state index contributed by atoms with van der Waals surface area (Å²) in [5.74, 6) is -1.23. The number of aliphatic hydroxyl groups is 1. The van der Waals surface area contributed by atoms with Gasteiger partial charge in [-0.3, -0.25) is 9.59 Å². The summed E-state index contributed by atoms with van der Waals surface area (Å²) in [5.41, 5.74) is 7.37. The fraction of sp³-hybridized carbons (Fsp3) is 0.207. The smallest absolute Gasteiger partial charge is 0.407 e. The minimum absolute atomic E-state index is 0.0897. The van der Waals surface area contributed by atoms with Crippen LogP contribution in [0.5, 0.6) is 0 Å². The lowest BCUT2D eigenvalue weighted by Gasteiger charge is -2.19. The highest BCUT2D eigenvalue weighted by Gasteiger charge is 2.22. The number of fused-ring (bicyclic) bond motifs is 2. The molecule has 8 nitrogen and oxygen atoms in total. The second kappa shape index (κ2) is 12.0. The van der Waals surface area contributed by atoms with Crippen LogP contribution >= 0.6 is 0 Å². The highest BCUT2D eigenvalue weighted by Crippen LogP contribution is 2.29. The Kier molecular flexibility index (Phi) is 8.33. The number of alkyl carbamates (subject to hydrolysis) is 1. The number of nitrogens with one attached hydrogen (secondary N) is 2. The maximum atomic E-state index is 12.6. The van der Waals surface area contributed by atoms with E-state index in [-0.39, 0.29) is 26.0 Å². The second-order valence-corrected chi connectivity index (χ2v) is 8.82. The Balaban J connectivity index is 1.36. The lowest BCUT2D eigenvalue weighted by Crippen LogP contribution is -2.47. The molecule has 8 heteroatoms. The van der Waals surface area contributed by atoms with Crippen LogP contribution < -0.4 is 16.4 Å². The average molecular weight is 500 g/mol. The van der Waals surface area contributed by atoms with Gasteiger partial charge in [0, 0.05) is 13.0 Å². The molecule has 3 amide bonds. The molecule has 0 aromatic heterocycles. The summed E-state index contributed by atoms with van der Waals surface area (Å²) in [6, 6.07) is 26.0. The van der Waals surface area contributed by atoms with Crippen LogP contribution in [0.4, 0.5) is 4.79 Å². The third-order valence-electron chi connectivity index (χ3n) is 6.09. The SMILES string of the molecule is NC(=O)[C@H](Cc1c2ccccc2cc2ccccc12)NC(=O)C[C@H](O)CNC(=O)OCc1ccccc1. The Morgan fingerprint density at radius 1 is 0.865 bits per heavy atom. The number of aliphatic hydroxyl groups excluding tert-OH is 1. The largest absolute Gasteiger partial charge is 0.445 e. The first-order chi connectivity index (χ1) is 17.9. The number of ether oxygens (including phenoxy) is 1. The fourth-order valence-electron chi connectivity index (χ4n) is 4.27. The first-order valence-electron chi connectivity index (χ1n) is 12.0. The summed E-state index contributed by atoms with van der Waals surface area (Å²) < 4.78 is 5.09. The molecule has 0 saturated carbocycles. The van der Waals surface area contributed by atoms with Crippen molar-refractivity contribution in [3.8, 4) is 0 Å². The summed E-state index contributed by atoms with van der Waals surface area (Å²) in [6.07, 6.45) is -2.00. The molecule has 0 unspecified atom stereocenters. The lowest BCUT2D eigenvalue weighted by molar-refractivity contribution is -0.128. The van der Waals surface area contributed by atoms with E-state index in [1.165, 1.54) is 0 Å². The molecule has 0 aliphatic carbocycles. The van der Waals surface area contributed by atoms with Crippen molar-refractivity contribution in [2.24, 2.45) is 5.73 Å². The highest BCUT2D eigenvalue weighted by atomic mass is 16.5. The molecule has 0 heterocycles. The standard InChI is InChI=1S/C29H29N3O5/c30-28(35)26(16-25-23-12-6-4-10-20(23)14-21-11-5-7-13-24(21)25)32-27(34)15-22(33)17-31-29(36)37-18-19-8-2-1-3-9-19/h1-14,22,26,33H,15-18H2,(H2,30,35)(H,31,36)(H,32,34)/t22-,26-/m0/s1. The fourth-order valence-corrected chi connectivity index (χ4v) is 4.27. The minimum atomic E-state index is -1.17. The van der Waals surface area contributed by atoms with Crippen LogP contribution in [-0.4, -0.2) is 41.7 Å². The van der Waals surface area contributed by atoms with Crippen LogP contribution in [0.1, 0.15) is 17.5 Å². The zero-order chi connectivity index (χ0) is 26.2. The first-order valence-corrected chi connectivity index (χ1v) is 12.0. The van der Waals surface area contributed by atoms with E-state index in [1.54, 1.807) is 0 Å². The topological polar surface area (TPSA) is 131 Å². The number of hydrogen-bond donors (Lipinski definition) is 4. The summed E-state index contributed by atoms with van der Waals surface area (Å²) in [6.45, 7) is -0.0946.